The Morgan fingerprint density at radius 1 is 1.03 bits per heavy atom. The van der Waals surface area contributed by atoms with Gasteiger partial charge < -0.3 is 15.0 Å². The maximum Gasteiger partial charge on any atom is 0.243 e. The Morgan fingerprint density at radius 3 is 2.21 bits per heavy atom. The third kappa shape index (κ3) is 8.78. The van der Waals surface area contributed by atoms with Crippen LogP contribution in [0.25, 0.3) is 0 Å². The molecule has 0 radical (unpaired) electrons. The first-order valence-corrected chi connectivity index (χ1v) is 15.2. The summed E-state index contributed by atoms with van der Waals surface area (Å²) in [7, 11) is -3.66. The van der Waals surface area contributed by atoms with Crippen LogP contribution in [0.5, 0.6) is 5.75 Å². The lowest BCUT2D eigenvalue weighted by Crippen LogP contribution is -2.50. The summed E-state index contributed by atoms with van der Waals surface area (Å²) >= 11 is 12.8. The van der Waals surface area contributed by atoms with Crippen LogP contribution in [0, 0.1) is 0 Å². The Morgan fingerprint density at radius 2 is 1.66 bits per heavy atom. The molecule has 2 aromatic carbocycles. The van der Waals surface area contributed by atoms with Crippen molar-refractivity contribution in [1.29, 1.82) is 0 Å². The second-order valence-electron chi connectivity index (χ2n) is 9.15. The molecule has 2 aromatic rings. The lowest BCUT2D eigenvalue weighted by atomic mass is 10.1. The SMILES string of the molecule is CCOc1ccccc1N(CCCC(=O)N(Cc1c(Cl)cccc1Cl)C(CC)C(=O)NC(C)C)S(C)(=O)=O. The van der Waals surface area contributed by atoms with Gasteiger partial charge >= 0.3 is 0 Å². The van der Waals surface area contributed by atoms with E-state index in [0.717, 1.165) is 6.26 Å². The number of ether oxygens (including phenoxy) is 1. The van der Waals surface area contributed by atoms with Gasteiger partial charge in [0.1, 0.15) is 11.8 Å². The highest BCUT2D eigenvalue weighted by Crippen LogP contribution is 2.31. The lowest BCUT2D eigenvalue weighted by Gasteiger charge is -2.32. The molecule has 0 saturated carbocycles. The number of carbonyl (C=O) groups is 2. The van der Waals surface area contributed by atoms with Gasteiger partial charge in [-0.25, -0.2) is 8.42 Å². The number of para-hydroxylation sites is 2. The molecule has 0 bridgehead atoms. The van der Waals surface area contributed by atoms with Crippen LogP contribution in [-0.4, -0.2) is 56.6 Å². The van der Waals surface area contributed by atoms with Crippen LogP contribution in [-0.2, 0) is 26.2 Å². The van der Waals surface area contributed by atoms with E-state index in [1.54, 1.807) is 42.5 Å². The number of rotatable bonds is 14. The van der Waals surface area contributed by atoms with Gasteiger partial charge in [0.15, 0.2) is 0 Å². The summed E-state index contributed by atoms with van der Waals surface area (Å²) in [6.45, 7) is 7.83. The number of nitrogens with one attached hydrogen (secondary N) is 1. The van der Waals surface area contributed by atoms with Crippen molar-refractivity contribution >= 4 is 50.7 Å². The van der Waals surface area contributed by atoms with E-state index < -0.39 is 16.1 Å². The summed E-state index contributed by atoms with van der Waals surface area (Å²) in [4.78, 5) is 28.1. The summed E-state index contributed by atoms with van der Waals surface area (Å²) in [5, 5.41) is 3.67. The molecule has 0 heterocycles. The zero-order chi connectivity index (χ0) is 28.5. The molecule has 11 heteroatoms. The minimum Gasteiger partial charge on any atom is -0.492 e. The highest BCUT2D eigenvalue weighted by atomic mass is 35.5. The zero-order valence-electron chi connectivity index (χ0n) is 22.5. The van der Waals surface area contributed by atoms with Crippen molar-refractivity contribution in [2.75, 3.05) is 23.7 Å². The number of anilines is 1. The Kier molecular flexibility index (Phi) is 12.2. The molecule has 210 valence electrons. The van der Waals surface area contributed by atoms with Gasteiger partial charge in [-0.1, -0.05) is 48.3 Å². The van der Waals surface area contributed by atoms with Gasteiger partial charge in [-0.3, -0.25) is 13.9 Å². The van der Waals surface area contributed by atoms with Crippen LogP contribution in [0.1, 0.15) is 52.5 Å². The second-order valence-corrected chi connectivity index (χ2v) is 11.9. The predicted octanol–water partition coefficient (Wildman–Crippen LogP) is 5.27. The molecule has 1 N–H and O–H groups in total. The number of hydrogen-bond donors (Lipinski definition) is 1. The third-order valence-corrected chi connectivity index (χ3v) is 7.68. The van der Waals surface area contributed by atoms with Crippen LogP contribution in [0.3, 0.4) is 0 Å². The molecule has 0 fully saturated rings. The van der Waals surface area contributed by atoms with Crippen molar-refractivity contribution in [3.05, 3.63) is 58.1 Å². The molecule has 0 aliphatic heterocycles. The normalized spacial score (nSPS) is 12.2. The molecule has 0 aliphatic carbocycles. The van der Waals surface area contributed by atoms with Crippen molar-refractivity contribution in [2.45, 2.75) is 65.6 Å². The van der Waals surface area contributed by atoms with Crippen LogP contribution in [0.2, 0.25) is 10.0 Å². The smallest absolute Gasteiger partial charge is 0.243 e. The van der Waals surface area contributed by atoms with Gasteiger partial charge in [0.05, 0.1) is 18.6 Å². The summed E-state index contributed by atoms with van der Waals surface area (Å²) < 4.78 is 32.2. The van der Waals surface area contributed by atoms with E-state index in [4.69, 9.17) is 27.9 Å². The monoisotopic (exact) mass is 585 g/mol. The number of carbonyl (C=O) groups excluding carboxylic acids is 2. The summed E-state index contributed by atoms with van der Waals surface area (Å²) in [6.07, 6.45) is 1.73. The van der Waals surface area contributed by atoms with Gasteiger partial charge in [-0.2, -0.15) is 0 Å². The van der Waals surface area contributed by atoms with E-state index in [1.807, 2.05) is 27.7 Å². The Bertz CT molecular complexity index is 1190. The highest BCUT2D eigenvalue weighted by Gasteiger charge is 2.30. The third-order valence-electron chi connectivity index (χ3n) is 5.79. The average Bonchev–Trinajstić information content (AvgIpc) is 2.83. The first kappa shape index (κ1) is 31.7. The van der Waals surface area contributed by atoms with Crippen LogP contribution in [0.4, 0.5) is 5.69 Å². The maximum absolute atomic E-state index is 13.6. The topological polar surface area (TPSA) is 96.0 Å². The number of benzene rings is 2. The van der Waals surface area contributed by atoms with Gasteiger partial charge in [0.25, 0.3) is 0 Å². The minimum atomic E-state index is -3.66. The molecular formula is C27H37Cl2N3O5S. The number of nitrogens with zero attached hydrogens (tertiary/aromatic N) is 2. The molecule has 0 spiro atoms. The Balaban J connectivity index is 2.31. The van der Waals surface area contributed by atoms with E-state index in [0.29, 0.717) is 40.1 Å². The summed E-state index contributed by atoms with van der Waals surface area (Å²) in [6, 6.07) is 11.1. The standard InChI is InChI=1S/C27H37Cl2N3O5S/c1-6-23(27(34)30-19(3)4)31(18-20-21(28)12-10-13-22(20)29)26(33)16-11-17-32(38(5,35)36)24-14-8-9-15-25(24)37-7-2/h8-10,12-15,19,23H,6-7,11,16-18H2,1-5H3,(H,30,34). The minimum absolute atomic E-state index is 0.0103. The number of hydrogen-bond acceptors (Lipinski definition) is 5. The van der Waals surface area contributed by atoms with Crippen molar-refractivity contribution < 1.29 is 22.7 Å². The van der Waals surface area contributed by atoms with Gasteiger partial charge in [0.2, 0.25) is 21.8 Å². The lowest BCUT2D eigenvalue weighted by molar-refractivity contribution is -0.141. The molecular weight excluding hydrogens is 549 g/mol. The van der Waals surface area contributed by atoms with Gasteiger partial charge in [-0.05, 0) is 57.9 Å². The number of amides is 2. The molecule has 1 atom stereocenters. The van der Waals surface area contributed by atoms with Crippen molar-refractivity contribution in [3.8, 4) is 5.75 Å². The summed E-state index contributed by atoms with van der Waals surface area (Å²) in [5.74, 6) is -0.140. The van der Waals surface area contributed by atoms with Crippen molar-refractivity contribution in [3.63, 3.8) is 0 Å². The fourth-order valence-corrected chi connectivity index (χ4v) is 5.56. The molecule has 38 heavy (non-hydrogen) atoms. The fraction of sp³-hybridized carbons (Fsp3) is 0.481. The van der Waals surface area contributed by atoms with E-state index in [-0.39, 0.29) is 43.8 Å². The molecule has 2 amide bonds. The van der Waals surface area contributed by atoms with E-state index in [1.165, 1.54) is 9.21 Å². The molecule has 8 nitrogen and oxygen atoms in total. The summed E-state index contributed by atoms with van der Waals surface area (Å²) in [5.41, 5.74) is 0.954. The van der Waals surface area contributed by atoms with E-state index >= 15 is 0 Å². The second kappa shape index (κ2) is 14.6. The van der Waals surface area contributed by atoms with Crippen LogP contribution >= 0.6 is 23.2 Å². The molecule has 0 aromatic heterocycles. The average molecular weight is 587 g/mol. The van der Waals surface area contributed by atoms with Gasteiger partial charge in [-0.15, -0.1) is 0 Å². The predicted molar refractivity (Wildman–Crippen MR) is 153 cm³/mol. The van der Waals surface area contributed by atoms with Crippen molar-refractivity contribution in [1.82, 2.24) is 10.2 Å². The van der Waals surface area contributed by atoms with E-state index in [9.17, 15) is 18.0 Å². The Hall–Kier alpha value is -2.49. The molecule has 1 unspecified atom stereocenters. The van der Waals surface area contributed by atoms with Gasteiger partial charge in [0, 0.05) is 41.2 Å². The largest absolute Gasteiger partial charge is 0.492 e. The molecule has 0 saturated heterocycles. The van der Waals surface area contributed by atoms with Crippen molar-refractivity contribution in [2.24, 2.45) is 0 Å². The molecule has 0 aliphatic rings. The number of sulfonamides is 1. The van der Waals surface area contributed by atoms with Crippen LogP contribution < -0.4 is 14.4 Å². The quantitative estimate of drug-likeness (QED) is 0.326. The maximum atomic E-state index is 13.6. The number of halogens is 2. The van der Waals surface area contributed by atoms with Crippen LogP contribution in [0.15, 0.2) is 42.5 Å². The highest BCUT2D eigenvalue weighted by molar-refractivity contribution is 7.92. The first-order chi connectivity index (χ1) is 17.9. The van der Waals surface area contributed by atoms with E-state index in [2.05, 4.69) is 5.32 Å². The Labute approximate surface area is 236 Å². The first-order valence-electron chi connectivity index (χ1n) is 12.6. The fourth-order valence-electron chi connectivity index (χ4n) is 4.08. The zero-order valence-corrected chi connectivity index (χ0v) is 24.9. The molecule has 2 rings (SSSR count).